The maximum absolute atomic E-state index is 12.0. The smallest absolute Gasteiger partial charge is 0.319 e. The van der Waals surface area contributed by atoms with Gasteiger partial charge in [-0.15, -0.1) is 0 Å². The third-order valence-electron chi connectivity index (χ3n) is 4.00. The second kappa shape index (κ2) is 6.19. The molecule has 2 N–H and O–H groups in total. The number of urea groups is 1. The highest BCUT2D eigenvalue weighted by Crippen LogP contribution is 2.47. The van der Waals surface area contributed by atoms with Crippen molar-refractivity contribution in [2.75, 3.05) is 11.9 Å². The zero-order chi connectivity index (χ0) is 15.6. The molecule has 0 radical (unpaired) electrons. The van der Waals surface area contributed by atoms with Gasteiger partial charge >= 0.3 is 6.03 Å². The molecule has 0 aromatic heterocycles. The van der Waals surface area contributed by atoms with E-state index in [9.17, 15) is 4.79 Å². The number of carbonyl (C=O) groups excluding carboxylic acids is 1. The Kier molecular flexibility index (Phi) is 4.27. The lowest BCUT2D eigenvalue weighted by molar-refractivity contribution is 0.251. The lowest BCUT2D eigenvalue weighted by atomic mass is 9.96. The van der Waals surface area contributed by atoms with Crippen molar-refractivity contribution in [1.29, 1.82) is 0 Å². The van der Waals surface area contributed by atoms with Crippen molar-refractivity contribution < 1.29 is 4.79 Å². The van der Waals surface area contributed by atoms with Gasteiger partial charge in [0.15, 0.2) is 0 Å². The lowest BCUT2D eigenvalue weighted by Gasteiger charge is -2.17. The van der Waals surface area contributed by atoms with Crippen LogP contribution in [0.4, 0.5) is 10.5 Å². The molecule has 0 heterocycles. The number of amides is 2. The van der Waals surface area contributed by atoms with Crippen LogP contribution in [0.2, 0.25) is 10.0 Å². The summed E-state index contributed by atoms with van der Waals surface area (Å²) in [5.41, 5.74) is 2.00. The molecular weight excluding hydrogens is 319 g/mol. The summed E-state index contributed by atoms with van der Waals surface area (Å²) >= 11 is 11.7. The van der Waals surface area contributed by atoms with Gasteiger partial charge in [0.05, 0.1) is 0 Å². The Morgan fingerprint density at radius 3 is 2.05 bits per heavy atom. The molecule has 3 rings (SSSR count). The van der Waals surface area contributed by atoms with Crippen LogP contribution in [0.1, 0.15) is 18.4 Å². The minimum absolute atomic E-state index is 0.0575. The molecular formula is C17H16Cl2N2O. The van der Waals surface area contributed by atoms with Gasteiger partial charge in [-0.2, -0.15) is 0 Å². The molecule has 1 fully saturated rings. The minimum Gasteiger partial charge on any atom is -0.337 e. The van der Waals surface area contributed by atoms with Gasteiger partial charge in [0.1, 0.15) is 0 Å². The predicted molar refractivity (Wildman–Crippen MR) is 90.8 cm³/mol. The van der Waals surface area contributed by atoms with Crippen molar-refractivity contribution in [2.45, 2.75) is 18.3 Å². The van der Waals surface area contributed by atoms with Crippen LogP contribution in [0.5, 0.6) is 0 Å². The van der Waals surface area contributed by atoms with Crippen LogP contribution in [-0.4, -0.2) is 12.6 Å². The molecule has 2 aromatic rings. The van der Waals surface area contributed by atoms with Gasteiger partial charge < -0.3 is 10.6 Å². The third kappa shape index (κ3) is 3.54. The predicted octanol–water partition coefficient (Wildman–Crippen LogP) is 4.85. The molecule has 0 bridgehead atoms. The van der Waals surface area contributed by atoms with E-state index in [2.05, 4.69) is 10.6 Å². The fourth-order valence-corrected chi connectivity index (χ4v) is 2.73. The van der Waals surface area contributed by atoms with Gasteiger partial charge in [-0.25, -0.2) is 4.79 Å². The molecule has 1 saturated carbocycles. The first kappa shape index (κ1) is 15.2. The van der Waals surface area contributed by atoms with E-state index >= 15 is 0 Å². The maximum atomic E-state index is 12.0. The molecule has 22 heavy (non-hydrogen) atoms. The molecule has 1 aliphatic carbocycles. The number of hydrogen-bond acceptors (Lipinski definition) is 1. The van der Waals surface area contributed by atoms with Crippen LogP contribution >= 0.6 is 23.2 Å². The molecule has 0 aliphatic heterocycles. The summed E-state index contributed by atoms with van der Waals surface area (Å²) in [6.07, 6.45) is 2.16. The Labute approximate surface area is 139 Å². The van der Waals surface area contributed by atoms with Crippen LogP contribution in [-0.2, 0) is 5.41 Å². The number of anilines is 1. The van der Waals surface area contributed by atoms with Crippen LogP contribution in [0.3, 0.4) is 0 Å². The van der Waals surface area contributed by atoms with Gasteiger partial charge in [-0.05, 0) is 54.8 Å². The molecule has 0 saturated heterocycles. The number of hydrogen-bond donors (Lipinski definition) is 2. The number of nitrogens with one attached hydrogen (secondary N) is 2. The van der Waals surface area contributed by atoms with E-state index in [1.54, 1.807) is 24.3 Å². The molecule has 114 valence electrons. The summed E-state index contributed by atoms with van der Waals surface area (Å²) in [6.45, 7) is 0.619. The fraction of sp³-hybridized carbons (Fsp3) is 0.235. The first-order chi connectivity index (χ1) is 10.6. The quantitative estimate of drug-likeness (QED) is 0.824. The van der Waals surface area contributed by atoms with E-state index in [1.165, 1.54) is 5.56 Å². The van der Waals surface area contributed by atoms with Crippen molar-refractivity contribution in [2.24, 2.45) is 0 Å². The average Bonchev–Trinajstić information content (AvgIpc) is 3.30. The van der Waals surface area contributed by atoms with Gasteiger partial charge in [0, 0.05) is 27.7 Å². The van der Waals surface area contributed by atoms with Crippen molar-refractivity contribution in [1.82, 2.24) is 5.32 Å². The molecule has 5 heteroatoms. The van der Waals surface area contributed by atoms with Crippen molar-refractivity contribution >= 4 is 34.9 Å². The van der Waals surface area contributed by atoms with Crippen molar-refractivity contribution in [3.63, 3.8) is 0 Å². The summed E-state index contributed by atoms with van der Waals surface area (Å²) in [5, 5.41) is 7.12. The summed E-state index contributed by atoms with van der Waals surface area (Å²) in [5.74, 6) is 0. The zero-order valence-corrected chi connectivity index (χ0v) is 13.4. The normalized spacial score (nSPS) is 15.2. The SMILES string of the molecule is O=C(NCC1(c2ccc(Cl)cc2)CC1)Nc1ccc(Cl)cc1. The molecule has 1 aliphatic rings. The molecule has 0 atom stereocenters. The van der Waals surface area contributed by atoms with Crippen LogP contribution in [0.25, 0.3) is 0 Å². The molecule has 2 aromatic carbocycles. The topological polar surface area (TPSA) is 41.1 Å². The fourth-order valence-electron chi connectivity index (χ4n) is 2.48. The Balaban J connectivity index is 1.56. The average molecular weight is 335 g/mol. The van der Waals surface area contributed by atoms with E-state index in [0.29, 0.717) is 11.6 Å². The minimum atomic E-state index is -0.206. The molecule has 0 spiro atoms. The largest absolute Gasteiger partial charge is 0.337 e. The van der Waals surface area contributed by atoms with Gasteiger partial charge in [0.2, 0.25) is 0 Å². The molecule has 2 amide bonds. The van der Waals surface area contributed by atoms with E-state index in [4.69, 9.17) is 23.2 Å². The van der Waals surface area contributed by atoms with Gasteiger partial charge in [-0.1, -0.05) is 35.3 Å². The Bertz CT molecular complexity index is 664. The monoisotopic (exact) mass is 334 g/mol. The highest BCUT2D eigenvalue weighted by molar-refractivity contribution is 6.30. The highest BCUT2D eigenvalue weighted by atomic mass is 35.5. The van der Waals surface area contributed by atoms with E-state index in [1.807, 2.05) is 24.3 Å². The first-order valence-corrected chi connectivity index (χ1v) is 7.89. The Morgan fingerprint density at radius 2 is 1.50 bits per heavy atom. The van der Waals surface area contributed by atoms with E-state index in [0.717, 1.165) is 23.6 Å². The Hall–Kier alpha value is -1.71. The number of benzene rings is 2. The number of halogens is 2. The first-order valence-electron chi connectivity index (χ1n) is 7.14. The zero-order valence-electron chi connectivity index (χ0n) is 11.9. The number of rotatable bonds is 4. The summed E-state index contributed by atoms with van der Waals surface area (Å²) in [7, 11) is 0. The second-order valence-electron chi connectivity index (χ2n) is 5.60. The summed E-state index contributed by atoms with van der Waals surface area (Å²) < 4.78 is 0. The Morgan fingerprint density at radius 1 is 0.955 bits per heavy atom. The van der Waals surface area contributed by atoms with Crippen molar-refractivity contribution in [3.05, 3.63) is 64.1 Å². The standard InChI is InChI=1S/C17H16Cl2N2O/c18-13-3-1-12(2-4-13)17(9-10-17)11-20-16(22)21-15-7-5-14(19)6-8-15/h1-8H,9-11H2,(H2,20,21,22). The second-order valence-corrected chi connectivity index (χ2v) is 6.47. The maximum Gasteiger partial charge on any atom is 0.319 e. The van der Waals surface area contributed by atoms with Crippen LogP contribution in [0, 0.1) is 0 Å². The number of carbonyl (C=O) groups is 1. The van der Waals surface area contributed by atoms with E-state index < -0.39 is 0 Å². The summed E-state index contributed by atoms with van der Waals surface area (Å²) in [6, 6.07) is 14.7. The van der Waals surface area contributed by atoms with Crippen LogP contribution < -0.4 is 10.6 Å². The van der Waals surface area contributed by atoms with E-state index in [-0.39, 0.29) is 11.4 Å². The van der Waals surface area contributed by atoms with Crippen molar-refractivity contribution in [3.8, 4) is 0 Å². The third-order valence-corrected chi connectivity index (χ3v) is 4.50. The van der Waals surface area contributed by atoms with Crippen LogP contribution in [0.15, 0.2) is 48.5 Å². The lowest BCUT2D eigenvalue weighted by Crippen LogP contribution is -2.35. The highest BCUT2D eigenvalue weighted by Gasteiger charge is 2.44. The van der Waals surface area contributed by atoms with Gasteiger partial charge in [0.25, 0.3) is 0 Å². The molecule has 0 unspecified atom stereocenters. The van der Waals surface area contributed by atoms with Gasteiger partial charge in [-0.3, -0.25) is 0 Å². The summed E-state index contributed by atoms with van der Waals surface area (Å²) in [4.78, 5) is 12.0. The molecule has 3 nitrogen and oxygen atoms in total.